The fourth-order valence-corrected chi connectivity index (χ4v) is 4.34. The van der Waals surface area contributed by atoms with Crippen molar-refractivity contribution < 1.29 is 23.7 Å². The normalized spacial score (nSPS) is 11.6. The Labute approximate surface area is 202 Å². The minimum absolute atomic E-state index is 0.313. The zero-order valence-electron chi connectivity index (χ0n) is 21.3. The van der Waals surface area contributed by atoms with Gasteiger partial charge in [0, 0.05) is 41.0 Å². The van der Waals surface area contributed by atoms with Gasteiger partial charge in [-0.15, -0.1) is 0 Å². The molecule has 0 aliphatic carbocycles. The van der Waals surface area contributed by atoms with E-state index in [1.807, 2.05) is 18.2 Å². The van der Waals surface area contributed by atoms with Crippen molar-refractivity contribution in [1.82, 2.24) is 0 Å². The summed E-state index contributed by atoms with van der Waals surface area (Å²) in [4.78, 5) is 11.4. The molecule has 34 heavy (non-hydrogen) atoms. The van der Waals surface area contributed by atoms with Gasteiger partial charge in [-0.05, 0) is 23.3 Å². The molecular formula is C29H34O5. The van der Waals surface area contributed by atoms with Crippen LogP contribution in [0.2, 0.25) is 0 Å². The van der Waals surface area contributed by atoms with Crippen molar-refractivity contribution in [1.29, 1.82) is 0 Å². The SMILES string of the molecule is COc1ccc(C(C)(C)c2cccc(C(C)(C)c3ccc(OC(C)=O)cc3OC)c2)c(OC)c1. The van der Waals surface area contributed by atoms with Crippen molar-refractivity contribution in [3.63, 3.8) is 0 Å². The van der Waals surface area contributed by atoms with Gasteiger partial charge in [-0.3, -0.25) is 4.79 Å². The van der Waals surface area contributed by atoms with E-state index in [2.05, 4.69) is 58.0 Å². The molecule has 180 valence electrons. The number of hydrogen-bond donors (Lipinski definition) is 0. The molecular weight excluding hydrogens is 428 g/mol. The third kappa shape index (κ3) is 4.89. The molecule has 0 aliphatic rings. The second-order valence-electron chi connectivity index (χ2n) is 9.35. The molecule has 0 radical (unpaired) electrons. The number of carbonyl (C=O) groups excluding carboxylic acids is 1. The van der Waals surface area contributed by atoms with Crippen molar-refractivity contribution in [2.75, 3.05) is 21.3 Å². The van der Waals surface area contributed by atoms with E-state index in [1.54, 1.807) is 33.5 Å². The van der Waals surface area contributed by atoms with Crippen molar-refractivity contribution in [3.05, 3.63) is 82.9 Å². The first kappa shape index (κ1) is 25.2. The number of methoxy groups -OCH3 is 3. The minimum atomic E-state index is -0.365. The van der Waals surface area contributed by atoms with Gasteiger partial charge in [0.2, 0.25) is 0 Å². The zero-order chi connectivity index (χ0) is 25.1. The first-order valence-corrected chi connectivity index (χ1v) is 11.2. The van der Waals surface area contributed by atoms with E-state index in [9.17, 15) is 4.79 Å². The Kier molecular flexibility index (Phi) is 7.25. The Balaban J connectivity index is 2.06. The van der Waals surface area contributed by atoms with E-state index in [0.29, 0.717) is 11.5 Å². The molecule has 0 atom stereocenters. The van der Waals surface area contributed by atoms with Gasteiger partial charge in [0.15, 0.2) is 0 Å². The summed E-state index contributed by atoms with van der Waals surface area (Å²) < 4.78 is 22.0. The predicted octanol–water partition coefficient (Wildman–Crippen LogP) is 6.29. The molecule has 0 N–H and O–H groups in total. The van der Waals surface area contributed by atoms with Crippen LogP contribution >= 0.6 is 0 Å². The highest BCUT2D eigenvalue weighted by molar-refractivity contribution is 5.69. The molecule has 0 saturated carbocycles. The zero-order valence-corrected chi connectivity index (χ0v) is 21.3. The summed E-state index contributed by atoms with van der Waals surface area (Å²) in [6, 6.07) is 20.1. The molecule has 0 heterocycles. The van der Waals surface area contributed by atoms with E-state index in [0.717, 1.165) is 33.8 Å². The van der Waals surface area contributed by atoms with Crippen LogP contribution < -0.4 is 18.9 Å². The van der Waals surface area contributed by atoms with Gasteiger partial charge < -0.3 is 18.9 Å². The van der Waals surface area contributed by atoms with Gasteiger partial charge in [-0.2, -0.15) is 0 Å². The first-order chi connectivity index (χ1) is 16.0. The number of rotatable bonds is 8. The quantitative estimate of drug-likeness (QED) is 0.291. The first-order valence-electron chi connectivity index (χ1n) is 11.2. The maximum Gasteiger partial charge on any atom is 0.308 e. The second-order valence-corrected chi connectivity index (χ2v) is 9.35. The lowest BCUT2D eigenvalue weighted by Crippen LogP contribution is -2.24. The molecule has 0 saturated heterocycles. The summed E-state index contributed by atoms with van der Waals surface area (Å²) in [7, 11) is 4.96. The third-order valence-electron chi connectivity index (χ3n) is 6.50. The standard InChI is InChI=1S/C29H34O5/c1-19(30)34-23-13-15-25(27(18-23)33-8)29(4,5)21-11-9-10-20(16-21)28(2,3)24-14-12-22(31-6)17-26(24)32-7/h9-18H,1-8H3. The highest BCUT2D eigenvalue weighted by Gasteiger charge is 2.31. The Morgan fingerprint density at radius 1 is 0.647 bits per heavy atom. The van der Waals surface area contributed by atoms with Gasteiger partial charge in [0.1, 0.15) is 23.0 Å². The number of esters is 1. The van der Waals surface area contributed by atoms with Crippen LogP contribution in [0.25, 0.3) is 0 Å². The smallest absolute Gasteiger partial charge is 0.308 e. The van der Waals surface area contributed by atoms with Gasteiger partial charge >= 0.3 is 5.97 Å². The van der Waals surface area contributed by atoms with Crippen molar-refractivity contribution in [2.45, 2.75) is 45.4 Å². The fraction of sp³-hybridized carbons (Fsp3) is 0.345. The predicted molar refractivity (Wildman–Crippen MR) is 135 cm³/mol. The molecule has 0 aliphatic heterocycles. The molecule has 3 rings (SSSR count). The van der Waals surface area contributed by atoms with Gasteiger partial charge in [-0.25, -0.2) is 0 Å². The molecule has 0 unspecified atom stereocenters. The molecule has 5 nitrogen and oxygen atoms in total. The lowest BCUT2D eigenvalue weighted by Gasteiger charge is -2.32. The summed E-state index contributed by atoms with van der Waals surface area (Å²) in [5.74, 6) is 2.32. The summed E-state index contributed by atoms with van der Waals surface area (Å²) >= 11 is 0. The summed E-state index contributed by atoms with van der Waals surface area (Å²) in [5.41, 5.74) is 3.71. The monoisotopic (exact) mass is 462 g/mol. The van der Waals surface area contributed by atoms with E-state index < -0.39 is 0 Å². The molecule has 5 heteroatoms. The molecule has 0 aromatic heterocycles. The van der Waals surface area contributed by atoms with Crippen molar-refractivity contribution in [2.24, 2.45) is 0 Å². The van der Waals surface area contributed by atoms with Crippen molar-refractivity contribution >= 4 is 5.97 Å². The van der Waals surface area contributed by atoms with E-state index in [1.165, 1.54) is 6.92 Å². The second kappa shape index (κ2) is 9.80. The minimum Gasteiger partial charge on any atom is -0.497 e. The maximum atomic E-state index is 11.4. The number of benzene rings is 3. The summed E-state index contributed by atoms with van der Waals surface area (Å²) in [6.07, 6.45) is 0. The lowest BCUT2D eigenvalue weighted by atomic mass is 9.73. The van der Waals surface area contributed by atoms with E-state index in [4.69, 9.17) is 18.9 Å². The van der Waals surface area contributed by atoms with Crippen LogP contribution in [0, 0.1) is 0 Å². The molecule has 0 fully saturated rings. The molecule has 0 bridgehead atoms. The van der Waals surface area contributed by atoms with Crippen molar-refractivity contribution in [3.8, 4) is 23.0 Å². The highest BCUT2D eigenvalue weighted by Crippen LogP contribution is 2.43. The summed E-state index contributed by atoms with van der Waals surface area (Å²) in [5, 5.41) is 0. The van der Waals surface area contributed by atoms with Crippen LogP contribution in [0.1, 0.15) is 56.9 Å². The summed E-state index contributed by atoms with van der Waals surface area (Å²) in [6.45, 7) is 10.1. The van der Waals surface area contributed by atoms with Gasteiger partial charge in [0.25, 0.3) is 0 Å². The third-order valence-corrected chi connectivity index (χ3v) is 6.50. The Morgan fingerprint density at radius 2 is 1.12 bits per heavy atom. The molecule has 3 aromatic rings. The maximum absolute atomic E-state index is 11.4. The van der Waals surface area contributed by atoms with Crippen LogP contribution in [-0.4, -0.2) is 27.3 Å². The van der Waals surface area contributed by atoms with Crippen LogP contribution in [0.15, 0.2) is 60.7 Å². The number of carbonyl (C=O) groups is 1. The molecule has 3 aromatic carbocycles. The highest BCUT2D eigenvalue weighted by atomic mass is 16.5. The lowest BCUT2D eigenvalue weighted by molar-refractivity contribution is -0.131. The topological polar surface area (TPSA) is 54.0 Å². The average Bonchev–Trinajstić information content (AvgIpc) is 2.82. The number of ether oxygens (including phenoxy) is 4. The van der Waals surface area contributed by atoms with Gasteiger partial charge in [-0.1, -0.05) is 64.1 Å². The molecule has 0 amide bonds. The van der Waals surface area contributed by atoms with Crippen LogP contribution in [0.4, 0.5) is 0 Å². The van der Waals surface area contributed by atoms with Gasteiger partial charge in [0.05, 0.1) is 21.3 Å². The Hall–Kier alpha value is -3.47. The number of hydrogen-bond acceptors (Lipinski definition) is 5. The van der Waals surface area contributed by atoms with Crippen LogP contribution in [0.3, 0.4) is 0 Å². The largest absolute Gasteiger partial charge is 0.497 e. The Morgan fingerprint density at radius 3 is 1.56 bits per heavy atom. The van der Waals surface area contributed by atoms with E-state index in [-0.39, 0.29) is 16.8 Å². The van der Waals surface area contributed by atoms with Crippen LogP contribution in [0.5, 0.6) is 23.0 Å². The fourth-order valence-electron chi connectivity index (χ4n) is 4.34. The molecule has 0 spiro atoms. The van der Waals surface area contributed by atoms with Crippen LogP contribution in [-0.2, 0) is 15.6 Å². The average molecular weight is 463 g/mol. The Bertz CT molecular complexity index is 1180. The van der Waals surface area contributed by atoms with E-state index >= 15 is 0 Å².